The highest BCUT2D eigenvalue weighted by atomic mass is 33.2. The van der Waals surface area contributed by atoms with Crippen LogP contribution in [0.4, 0.5) is 0 Å². The van der Waals surface area contributed by atoms with Gasteiger partial charge in [0.05, 0.1) is 11.9 Å². The normalized spacial score (nSPS) is 39.4. The van der Waals surface area contributed by atoms with Crippen LogP contribution in [0.5, 0.6) is 0 Å². The van der Waals surface area contributed by atoms with E-state index in [1.807, 2.05) is 6.26 Å². The Hall–Kier alpha value is 0.870. The first-order valence-electron chi connectivity index (χ1n) is 2.65. The highest BCUT2D eigenvalue weighted by molar-refractivity contribution is 8.99. The summed E-state index contributed by atoms with van der Waals surface area (Å²) in [6, 6.07) is 0. The lowest BCUT2D eigenvalue weighted by molar-refractivity contribution is 0.391. The Kier molecular flexibility index (Phi) is 3.15. The maximum Gasteiger partial charge on any atom is 0.175 e. The summed E-state index contributed by atoms with van der Waals surface area (Å²) in [6.45, 7) is 0.638. The molecule has 1 fully saturated rings. The third-order valence-corrected chi connectivity index (χ3v) is 10.8. The molecule has 1 nitrogen and oxygen atoms in total. The van der Waals surface area contributed by atoms with E-state index in [2.05, 4.69) is 5.92 Å². The fraction of sp³-hybridized carbons (Fsp3) is 0.600. The average Bonchev–Trinajstić information content (AvgIpc) is 2.33. The molecule has 2 unspecified atom stereocenters. The topological polar surface area (TPSA) is 9.23 Å². The lowest BCUT2D eigenvalue weighted by Gasteiger charge is -2.07. The van der Waals surface area contributed by atoms with Crippen LogP contribution in [0, 0.1) is 12.3 Å². The Morgan fingerprint density at radius 1 is 2.00 bits per heavy atom. The number of terminal acetylenes is 1. The molecule has 1 aliphatic rings. The van der Waals surface area contributed by atoms with Crippen LogP contribution >= 0.6 is 27.4 Å². The maximum atomic E-state index is 5.40. The molecule has 0 amide bonds. The third-order valence-electron chi connectivity index (χ3n) is 1.05. The van der Waals surface area contributed by atoms with Gasteiger partial charge in [-0.3, -0.25) is 0 Å². The summed E-state index contributed by atoms with van der Waals surface area (Å²) < 4.78 is 3.80. The zero-order chi connectivity index (χ0) is 7.61. The minimum Gasteiger partial charge on any atom is -0.332 e. The van der Waals surface area contributed by atoms with Gasteiger partial charge in [0.2, 0.25) is 0 Å². The number of hydrogen-bond acceptors (Lipinski definition) is 4. The van der Waals surface area contributed by atoms with Crippen molar-refractivity contribution >= 4 is 39.2 Å². The fourth-order valence-corrected chi connectivity index (χ4v) is 6.99. The summed E-state index contributed by atoms with van der Waals surface area (Å²) in [6.07, 6.45) is 7.20. The molecule has 0 aromatic carbocycles. The molecule has 0 aromatic rings. The van der Waals surface area contributed by atoms with Crippen molar-refractivity contribution in [3.8, 4) is 12.3 Å². The van der Waals surface area contributed by atoms with E-state index in [-0.39, 0.29) is 5.25 Å². The van der Waals surface area contributed by atoms with Gasteiger partial charge in [0.15, 0.2) is 4.67 Å². The minimum absolute atomic E-state index is 0.193. The molecule has 1 rings (SSSR count). The van der Waals surface area contributed by atoms with Crippen LogP contribution in [0.3, 0.4) is 0 Å². The van der Waals surface area contributed by atoms with Gasteiger partial charge in [-0.1, -0.05) is 28.7 Å². The largest absolute Gasteiger partial charge is 0.332 e. The summed E-state index contributed by atoms with van der Waals surface area (Å²) in [5, 5.41) is 0.193. The maximum absolute atomic E-state index is 5.40. The molecule has 1 aliphatic heterocycles. The van der Waals surface area contributed by atoms with Crippen LogP contribution in [0.1, 0.15) is 0 Å². The highest BCUT2D eigenvalue weighted by Crippen LogP contribution is 2.74. The second-order valence-electron chi connectivity index (χ2n) is 1.69. The molecule has 0 aliphatic carbocycles. The summed E-state index contributed by atoms with van der Waals surface area (Å²) in [7, 11) is 0. The van der Waals surface area contributed by atoms with Gasteiger partial charge in [-0.2, -0.15) is 0 Å². The predicted octanol–water partition coefficient (Wildman–Crippen LogP) is 2.34. The van der Waals surface area contributed by atoms with E-state index < -0.39 is 4.67 Å². The van der Waals surface area contributed by atoms with E-state index >= 15 is 0 Å². The molecule has 1 saturated heterocycles. The smallest absolute Gasteiger partial charge is 0.175 e. The summed E-state index contributed by atoms with van der Waals surface area (Å²) >= 11 is 8.50. The number of hydrogen-bond donors (Lipinski definition) is 0. The van der Waals surface area contributed by atoms with Gasteiger partial charge >= 0.3 is 0 Å². The molecule has 0 spiro atoms. The highest BCUT2D eigenvalue weighted by Gasteiger charge is 2.30. The summed E-state index contributed by atoms with van der Waals surface area (Å²) in [4.78, 5) is 0. The monoisotopic (exact) mass is 210 g/mol. The van der Waals surface area contributed by atoms with Crippen LogP contribution in [0.2, 0.25) is 0 Å². The van der Waals surface area contributed by atoms with Crippen molar-refractivity contribution in [3.63, 3.8) is 0 Å². The molecule has 5 heteroatoms. The van der Waals surface area contributed by atoms with Crippen molar-refractivity contribution in [1.82, 2.24) is 0 Å². The van der Waals surface area contributed by atoms with Gasteiger partial charge in [-0.15, -0.1) is 6.42 Å². The molecule has 10 heavy (non-hydrogen) atoms. The van der Waals surface area contributed by atoms with Crippen LogP contribution in [-0.2, 0) is 16.3 Å². The molecule has 56 valence electrons. The Labute approximate surface area is 74.3 Å². The Morgan fingerprint density at radius 2 is 2.70 bits per heavy atom. The van der Waals surface area contributed by atoms with Crippen LogP contribution in [0.25, 0.3) is 0 Å². The first kappa shape index (κ1) is 8.96. The van der Waals surface area contributed by atoms with Gasteiger partial charge in [-0.05, 0) is 18.1 Å². The number of rotatable bonds is 1. The second kappa shape index (κ2) is 3.51. The summed E-state index contributed by atoms with van der Waals surface area (Å²) in [5.74, 6) is 2.64. The molecular formula is C5H7OPS3. The Bertz CT molecular complexity index is 209. The molecule has 0 radical (unpaired) electrons. The molecule has 2 atom stereocenters. The Morgan fingerprint density at radius 3 is 3.00 bits per heavy atom. The first-order valence-corrected chi connectivity index (χ1v) is 8.68. The second-order valence-corrected chi connectivity index (χ2v) is 12.4. The van der Waals surface area contributed by atoms with Crippen molar-refractivity contribution in [1.29, 1.82) is 0 Å². The van der Waals surface area contributed by atoms with Crippen LogP contribution in [-0.4, -0.2) is 18.1 Å². The van der Waals surface area contributed by atoms with Gasteiger partial charge in [0.1, 0.15) is 0 Å². The Balaban J connectivity index is 2.60. The standard InChI is InChI=1S/C5H7OPS3/c1-3-5-4-6-7(8,9-2)10-5/h1,5H,4H2,2H3. The zero-order valence-corrected chi connectivity index (χ0v) is 8.79. The van der Waals surface area contributed by atoms with E-state index in [1.165, 1.54) is 0 Å². The third kappa shape index (κ3) is 1.93. The van der Waals surface area contributed by atoms with Gasteiger partial charge in [0, 0.05) is 0 Å². The lowest BCUT2D eigenvalue weighted by Crippen LogP contribution is -1.96. The van der Waals surface area contributed by atoms with E-state index in [0.717, 1.165) is 0 Å². The van der Waals surface area contributed by atoms with Crippen molar-refractivity contribution < 1.29 is 4.52 Å². The minimum atomic E-state index is -1.60. The van der Waals surface area contributed by atoms with Crippen molar-refractivity contribution in [2.24, 2.45) is 0 Å². The predicted molar refractivity (Wildman–Crippen MR) is 54.0 cm³/mol. The fourth-order valence-electron chi connectivity index (χ4n) is 0.550. The van der Waals surface area contributed by atoms with Gasteiger partial charge in [0.25, 0.3) is 0 Å². The molecular weight excluding hydrogens is 203 g/mol. The lowest BCUT2D eigenvalue weighted by atomic mass is 10.5. The van der Waals surface area contributed by atoms with E-state index in [0.29, 0.717) is 6.61 Å². The van der Waals surface area contributed by atoms with E-state index in [4.69, 9.17) is 22.8 Å². The molecule has 0 bridgehead atoms. The molecule has 1 heterocycles. The van der Waals surface area contributed by atoms with E-state index in [9.17, 15) is 0 Å². The zero-order valence-electron chi connectivity index (χ0n) is 5.44. The average molecular weight is 210 g/mol. The molecule has 0 saturated carbocycles. The van der Waals surface area contributed by atoms with E-state index in [1.54, 1.807) is 22.8 Å². The molecule has 0 aromatic heterocycles. The van der Waals surface area contributed by atoms with Crippen LogP contribution in [0.15, 0.2) is 0 Å². The van der Waals surface area contributed by atoms with Gasteiger partial charge < -0.3 is 4.52 Å². The van der Waals surface area contributed by atoms with Gasteiger partial charge in [-0.25, -0.2) is 0 Å². The van der Waals surface area contributed by atoms with Crippen molar-refractivity contribution in [3.05, 3.63) is 0 Å². The molecule has 0 N–H and O–H groups in total. The quantitative estimate of drug-likeness (QED) is 0.485. The first-order chi connectivity index (χ1) is 4.70. The van der Waals surface area contributed by atoms with Crippen LogP contribution < -0.4 is 0 Å². The SMILES string of the molecule is C#CC1COP(=S)(SC)S1. The summed E-state index contributed by atoms with van der Waals surface area (Å²) in [5.41, 5.74) is 0. The van der Waals surface area contributed by atoms with Crippen molar-refractivity contribution in [2.75, 3.05) is 12.9 Å². The van der Waals surface area contributed by atoms with Crippen molar-refractivity contribution in [2.45, 2.75) is 5.25 Å².